The summed E-state index contributed by atoms with van der Waals surface area (Å²) in [5.74, 6) is -0.374. The van der Waals surface area contributed by atoms with Gasteiger partial charge >= 0.3 is 6.03 Å². The fourth-order valence-corrected chi connectivity index (χ4v) is 3.45. The highest BCUT2D eigenvalue weighted by Crippen LogP contribution is 2.37. The van der Waals surface area contributed by atoms with E-state index in [-0.39, 0.29) is 23.3 Å². The lowest BCUT2D eigenvalue weighted by Crippen LogP contribution is -2.40. The fourth-order valence-electron chi connectivity index (χ4n) is 3.45. The van der Waals surface area contributed by atoms with Gasteiger partial charge in [-0.05, 0) is 41.7 Å². The van der Waals surface area contributed by atoms with Crippen LogP contribution in [0.4, 0.5) is 9.18 Å². The van der Waals surface area contributed by atoms with Gasteiger partial charge in [0, 0.05) is 24.9 Å². The van der Waals surface area contributed by atoms with E-state index in [0.29, 0.717) is 24.1 Å². The average Bonchev–Trinajstić information content (AvgIpc) is 2.78. The molecule has 2 amide bonds. The lowest BCUT2D eigenvalue weighted by molar-refractivity contribution is 0.167. The molecule has 0 N–H and O–H groups in total. The molecule has 1 aliphatic carbocycles. The number of benzene rings is 1. The fraction of sp³-hybridized carbons (Fsp3) is 0.400. The summed E-state index contributed by atoms with van der Waals surface area (Å²) in [5, 5.41) is 9.30. The number of amides is 2. The first kappa shape index (κ1) is 17.2. The third-order valence-electron chi connectivity index (χ3n) is 4.56. The number of nitrogens with zero attached hydrogens (tertiary/aromatic N) is 3. The molecule has 0 bridgehead atoms. The van der Waals surface area contributed by atoms with E-state index in [2.05, 4.69) is 26.8 Å². The summed E-state index contributed by atoms with van der Waals surface area (Å²) >= 11 is 0. The predicted octanol–water partition coefficient (Wildman–Crippen LogP) is 4.15. The number of urea groups is 1. The van der Waals surface area contributed by atoms with Gasteiger partial charge in [-0.25, -0.2) is 9.18 Å². The summed E-state index contributed by atoms with van der Waals surface area (Å²) in [7, 11) is 1.77. The Kier molecular flexibility index (Phi) is 4.16. The van der Waals surface area contributed by atoms with Gasteiger partial charge in [0.05, 0.1) is 17.7 Å². The Balaban J connectivity index is 1.97. The molecule has 1 aromatic rings. The van der Waals surface area contributed by atoms with Crippen molar-refractivity contribution in [2.75, 3.05) is 13.6 Å². The molecule has 25 heavy (non-hydrogen) atoms. The zero-order valence-electron chi connectivity index (χ0n) is 15.0. The summed E-state index contributed by atoms with van der Waals surface area (Å²) in [6, 6.07) is 6.26. The smallest absolute Gasteiger partial charge is 0.315 e. The number of halogens is 1. The van der Waals surface area contributed by atoms with Crippen molar-refractivity contribution in [2.24, 2.45) is 5.41 Å². The Labute approximate surface area is 147 Å². The molecule has 3 rings (SSSR count). The lowest BCUT2D eigenvalue weighted by atomic mass is 9.90. The molecule has 0 spiro atoms. The molecule has 2 aliphatic rings. The second-order valence-corrected chi connectivity index (χ2v) is 7.81. The van der Waals surface area contributed by atoms with Crippen LogP contribution in [0.25, 0.3) is 5.57 Å². The average molecular weight is 339 g/mol. The molecule has 1 aliphatic heterocycles. The van der Waals surface area contributed by atoms with E-state index in [1.165, 1.54) is 18.2 Å². The van der Waals surface area contributed by atoms with Crippen molar-refractivity contribution in [3.8, 4) is 6.07 Å². The number of nitriles is 1. The highest BCUT2D eigenvalue weighted by Gasteiger charge is 2.41. The maximum atomic E-state index is 13.7. The number of likely N-dealkylation sites (N-methyl/N-ethyl adjacent to an activating group) is 1. The molecule has 1 aromatic carbocycles. The van der Waals surface area contributed by atoms with Gasteiger partial charge in [-0.3, -0.25) is 4.90 Å². The minimum Gasteiger partial charge on any atom is -0.315 e. The number of allylic oxidation sites excluding steroid dienone is 2. The summed E-state index contributed by atoms with van der Waals surface area (Å²) in [6.45, 7) is 7.00. The Morgan fingerprint density at radius 1 is 1.36 bits per heavy atom. The standard InChI is InChI=1S/C20H22FN3O/c1-20(2,3)12-24-17-8-6-13(9-18(17)23(4)19(24)25)16-10-15(21)7-5-14(16)11-22/h5-7,9-10,17H,8,12H2,1-4H3. The summed E-state index contributed by atoms with van der Waals surface area (Å²) in [5.41, 5.74) is 2.71. The van der Waals surface area contributed by atoms with E-state index < -0.39 is 0 Å². The van der Waals surface area contributed by atoms with E-state index in [4.69, 9.17) is 0 Å². The van der Waals surface area contributed by atoms with E-state index in [9.17, 15) is 14.4 Å². The van der Waals surface area contributed by atoms with Crippen LogP contribution in [0.2, 0.25) is 0 Å². The van der Waals surface area contributed by atoms with Crippen molar-refractivity contribution < 1.29 is 9.18 Å². The number of hydrogen-bond donors (Lipinski definition) is 0. The zero-order chi connectivity index (χ0) is 18.4. The van der Waals surface area contributed by atoms with Crippen LogP contribution >= 0.6 is 0 Å². The first-order valence-electron chi connectivity index (χ1n) is 8.37. The van der Waals surface area contributed by atoms with E-state index in [1.807, 2.05) is 17.1 Å². The van der Waals surface area contributed by atoms with Gasteiger partial charge in [-0.1, -0.05) is 26.8 Å². The summed E-state index contributed by atoms with van der Waals surface area (Å²) < 4.78 is 13.7. The van der Waals surface area contributed by atoms with Crippen molar-refractivity contribution in [2.45, 2.75) is 33.2 Å². The molecular formula is C20H22FN3O. The molecule has 0 radical (unpaired) electrons. The molecule has 130 valence electrons. The molecule has 4 nitrogen and oxygen atoms in total. The molecule has 5 heteroatoms. The molecule has 0 aromatic heterocycles. The van der Waals surface area contributed by atoms with Crippen molar-refractivity contribution in [1.29, 1.82) is 5.26 Å². The maximum absolute atomic E-state index is 13.7. The van der Waals surface area contributed by atoms with Gasteiger partial charge in [0.15, 0.2) is 0 Å². The van der Waals surface area contributed by atoms with Gasteiger partial charge in [0.25, 0.3) is 0 Å². The monoisotopic (exact) mass is 339 g/mol. The first-order valence-corrected chi connectivity index (χ1v) is 8.37. The largest absolute Gasteiger partial charge is 0.324 e. The van der Waals surface area contributed by atoms with E-state index in [1.54, 1.807) is 11.9 Å². The quantitative estimate of drug-likeness (QED) is 0.812. The van der Waals surface area contributed by atoms with Crippen molar-refractivity contribution in [1.82, 2.24) is 9.80 Å². The zero-order valence-corrected chi connectivity index (χ0v) is 15.0. The minimum absolute atomic E-state index is 0.000398. The second-order valence-electron chi connectivity index (χ2n) is 7.81. The Hall–Kier alpha value is -2.61. The van der Waals surface area contributed by atoms with E-state index in [0.717, 1.165) is 11.3 Å². The van der Waals surface area contributed by atoms with Crippen LogP contribution in [0.5, 0.6) is 0 Å². The number of carbonyl (C=O) groups excluding carboxylic acids is 1. The third-order valence-corrected chi connectivity index (χ3v) is 4.56. The molecular weight excluding hydrogens is 317 g/mol. The van der Waals surface area contributed by atoms with Gasteiger partial charge in [0.1, 0.15) is 5.82 Å². The lowest BCUT2D eigenvalue weighted by Gasteiger charge is -2.31. The Bertz CT molecular complexity index is 826. The van der Waals surface area contributed by atoms with Crippen LogP contribution in [-0.4, -0.2) is 35.5 Å². The number of fused-ring (bicyclic) bond motifs is 1. The van der Waals surface area contributed by atoms with Crippen LogP contribution in [0, 0.1) is 22.6 Å². The Morgan fingerprint density at radius 3 is 2.72 bits per heavy atom. The van der Waals surface area contributed by atoms with Crippen LogP contribution in [0.3, 0.4) is 0 Å². The number of hydrogen-bond acceptors (Lipinski definition) is 2. The molecule has 1 atom stereocenters. The molecule has 1 heterocycles. The second kappa shape index (κ2) is 6.03. The molecule has 1 fully saturated rings. The third kappa shape index (κ3) is 3.17. The van der Waals surface area contributed by atoms with Gasteiger partial charge in [-0.2, -0.15) is 5.26 Å². The minimum atomic E-state index is -0.374. The van der Waals surface area contributed by atoms with Crippen LogP contribution in [-0.2, 0) is 0 Å². The molecule has 1 saturated heterocycles. The van der Waals surface area contributed by atoms with Gasteiger partial charge < -0.3 is 4.90 Å². The van der Waals surface area contributed by atoms with Crippen molar-refractivity contribution in [3.05, 3.63) is 53.0 Å². The Morgan fingerprint density at radius 2 is 2.08 bits per heavy atom. The van der Waals surface area contributed by atoms with Crippen LogP contribution < -0.4 is 0 Å². The van der Waals surface area contributed by atoms with Crippen molar-refractivity contribution in [3.63, 3.8) is 0 Å². The van der Waals surface area contributed by atoms with Crippen LogP contribution in [0.15, 0.2) is 36.0 Å². The van der Waals surface area contributed by atoms with Crippen molar-refractivity contribution >= 4 is 11.6 Å². The maximum Gasteiger partial charge on any atom is 0.324 e. The number of rotatable bonds is 2. The highest BCUT2D eigenvalue weighted by molar-refractivity contribution is 5.86. The predicted molar refractivity (Wildman–Crippen MR) is 94.9 cm³/mol. The first-order chi connectivity index (χ1) is 11.7. The normalized spacial score (nSPS) is 20.2. The van der Waals surface area contributed by atoms with E-state index >= 15 is 0 Å². The molecule has 0 saturated carbocycles. The van der Waals surface area contributed by atoms with Gasteiger partial charge in [-0.15, -0.1) is 0 Å². The summed E-state index contributed by atoms with van der Waals surface area (Å²) in [6.07, 6.45) is 4.56. The van der Waals surface area contributed by atoms with Gasteiger partial charge in [0.2, 0.25) is 0 Å². The summed E-state index contributed by atoms with van der Waals surface area (Å²) in [4.78, 5) is 16.2. The topological polar surface area (TPSA) is 47.3 Å². The van der Waals surface area contributed by atoms with Crippen LogP contribution in [0.1, 0.15) is 38.3 Å². The SMILES string of the molecule is CN1C(=O)N(CC(C)(C)C)C2CC=C(c3cc(F)ccc3C#N)C=C21. The number of carbonyl (C=O) groups is 1. The molecule has 1 unspecified atom stereocenters. The highest BCUT2D eigenvalue weighted by atomic mass is 19.1.